The van der Waals surface area contributed by atoms with Crippen LogP contribution in [0, 0.1) is 5.82 Å². The Labute approximate surface area is 87.5 Å². The molecule has 0 aliphatic heterocycles. The van der Waals surface area contributed by atoms with E-state index in [0.717, 1.165) is 19.3 Å². The first-order valence-corrected chi connectivity index (χ1v) is 5.13. The van der Waals surface area contributed by atoms with E-state index in [-0.39, 0.29) is 5.82 Å². The van der Waals surface area contributed by atoms with Gasteiger partial charge in [0.1, 0.15) is 5.82 Å². The van der Waals surface area contributed by atoms with Crippen LogP contribution >= 0.6 is 11.6 Å². The fourth-order valence-electron chi connectivity index (χ4n) is 1.79. The van der Waals surface area contributed by atoms with E-state index in [2.05, 4.69) is 0 Å². The van der Waals surface area contributed by atoms with E-state index in [0.29, 0.717) is 17.0 Å². The Kier molecular flexibility index (Phi) is 2.50. The van der Waals surface area contributed by atoms with Gasteiger partial charge < -0.3 is 5.11 Å². The third-order valence-corrected chi connectivity index (χ3v) is 3.05. The maximum atomic E-state index is 13.3. The van der Waals surface area contributed by atoms with Crippen LogP contribution in [0.25, 0.3) is 0 Å². The second kappa shape index (κ2) is 3.52. The van der Waals surface area contributed by atoms with E-state index >= 15 is 0 Å². The van der Waals surface area contributed by atoms with E-state index in [1.807, 2.05) is 0 Å². The van der Waals surface area contributed by atoms with Gasteiger partial charge in [-0.05, 0) is 43.0 Å². The average molecular weight is 215 g/mol. The zero-order valence-electron chi connectivity index (χ0n) is 7.76. The highest BCUT2D eigenvalue weighted by Crippen LogP contribution is 2.35. The second-order valence-corrected chi connectivity index (χ2v) is 4.43. The van der Waals surface area contributed by atoms with Crippen molar-refractivity contribution in [3.8, 4) is 0 Å². The average Bonchev–Trinajstić information content (AvgIpc) is 2.09. The van der Waals surface area contributed by atoms with Crippen molar-refractivity contribution in [1.29, 1.82) is 0 Å². The molecule has 0 radical (unpaired) electrons. The van der Waals surface area contributed by atoms with Gasteiger partial charge in [0.2, 0.25) is 0 Å². The van der Waals surface area contributed by atoms with Gasteiger partial charge in [-0.2, -0.15) is 0 Å². The highest BCUT2D eigenvalue weighted by Gasteiger charge is 2.35. The molecule has 2 rings (SSSR count). The van der Waals surface area contributed by atoms with Crippen molar-refractivity contribution < 1.29 is 9.50 Å². The van der Waals surface area contributed by atoms with E-state index < -0.39 is 5.60 Å². The Morgan fingerprint density at radius 1 is 1.43 bits per heavy atom. The van der Waals surface area contributed by atoms with Gasteiger partial charge >= 0.3 is 0 Å². The monoisotopic (exact) mass is 214 g/mol. The highest BCUT2D eigenvalue weighted by atomic mass is 35.5. The Hall–Kier alpha value is -0.600. The number of halogens is 2. The van der Waals surface area contributed by atoms with E-state index in [1.165, 1.54) is 12.1 Å². The van der Waals surface area contributed by atoms with Crippen molar-refractivity contribution in [2.75, 3.05) is 0 Å². The molecule has 14 heavy (non-hydrogen) atoms. The van der Waals surface area contributed by atoms with Gasteiger partial charge in [-0.25, -0.2) is 4.39 Å². The molecule has 0 bridgehead atoms. The van der Waals surface area contributed by atoms with Gasteiger partial charge in [0.25, 0.3) is 0 Å². The molecule has 0 unspecified atom stereocenters. The van der Waals surface area contributed by atoms with E-state index in [9.17, 15) is 9.50 Å². The summed E-state index contributed by atoms with van der Waals surface area (Å²) >= 11 is 5.76. The maximum Gasteiger partial charge on any atom is 0.126 e. The molecule has 1 nitrogen and oxygen atoms in total. The first kappa shape index (κ1) is 9.94. The molecule has 0 saturated heterocycles. The topological polar surface area (TPSA) is 20.2 Å². The predicted molar refractivity (Wildman–Crippen MR) is 53.9 cm³/mol. The molecule has 0 aromatic heterocycles. The summed E-state index contributed by atoms with van der Waals surface area (Å²) in [5.74, 6) is -0.283. The lowest BCUT2D eigenvalue weighted by atomic mass is 9.76. The summed E-state index contributed by atoms with van der Waals surface area (Å²) in [7, 11) is 0. The molecule has 0 amide bonds. The molecular formula is C11H12ClFO. The Morgan fingerprint density at radius 2 is 2.14 bits per heavy atom. The van der Waals surface area contributed by atoms with Crippen LogP contribution in [0.3, 0.4) is 0 Å². The van der Waals surface area contributed by atoms with Crippen LogP contribution in [0.2, 0.25) is 5.02 Å². The number of hydrogen-bond acceptors (Lipinski definition) is 1. The van der Waals surface area contributed by atoms with Crippen LogP contribution in [-0.4, -0.2) is 10.7 Å². The molecule has 1 aliphatic rings. The zero-order valence-corrected chi connectivity index (χ0v) is 8.52. The maximum absolute atomic E-state index is 13.3. The van der Waals surface area contributed by atoms with Crippen molar-refractivity contribution in [2.45, 2.75) is 31.3 Å². The fraction of sp³-hybridized carbons (Fsp3) is 0.455. The molecule has 1 aromatic rings. The van der Waals surface area contributed by atoms with Crippen LogP contribution in [0.1, 0.15) is 24.8 Å². The molecule has 0 atom stereocenters. The third-order valence-electron chi connectivity index (χ3n) is 2.81. The van der Waals surface area contributed by atoms with Gasteiger partial charge in [0.15, 0.2) is 0 Å². The lowest BCUT2D eigenvalue weighted by molar-refractivity contribution is -0.0329. The number of rotatable bonds is 2. The zero-order chi connectivity index (χ0) is 10.2. The Morgan fingerprint density at radius 3 is 2.71 bits per heavy atom. The van der Waals surface area contributed by atoms with Crippen molar-refractivity contribution in [1.82, 2.24) is 0 Å². The smallest absolute Gasteiger partial charge is 0.126 e. The summed E-state index contributed by atoms with van der Waals surface area (Å²) in [6.45, 7) is 0. The molecule has 1 fully saturated rings. The molecule has 0 spiro atoms. The minimum atomic E-state index is -0.689. The minimum absolute atomic E-state index is 0.283. The van der Waals surface area contributed by atoms with Crippen LogP contribution in [-0.2, 0) is 6.42 Å². The molecule has 3 heteroatoms. The molecular weight excluding hydrogens is 203 g/mol. The predicted octanol–water partition coefficient (Wildman–Crippen LogP) is 2.94. The summed E-state index contributed by atoms with van der Waals surface area (Å²) in [6.07, 6.45) is 2.93. The van der Waals surface area contributed by atoms with Crippen molar-refractivity contribution in [3.05, 3.63) is 34.6 Å². The minimum Gasteiger partial charge on any atom is -0.390 e. The van der Waals surface area contributed by atoms with Crippen molar-refractivity contribution in [2.24, 2.45) is 0 Å². The quantitative estimate of drug-likeness (QED) is 0.803. The number of hydrogen-bond donors (Lipinski definition) is 1. The Balaban J connectivity index is 2.19. The number of benzene rings is 1. The highest BCUT2D eigenvalue weighted by molar-refractivity contribution is 6.30. The van der Waals surface area contributed by atoms with Crippen molar-refractivity contribution >= 4 is 11.6 Å². The Bertz CT molecular complexity index is 347. The second-order valence-electron chi connectivity index (χ2n) is 3.99. The molecule has 76 valence electrons. The number of aliphatic hydroxyl groups is 1. The van der Waals surface area contributed by atoms with Gasteiger partial charge in [-0.3, -0.25) is 0 Å². The molecule has 1 aromatic carbocycles. The van der Waals surface area contributed by atoms with Gasteiger partial charge in [-0.1, -0.05) is 11.6 Å². The first-order valence-electron chi connectivity index (χ1n) is 4.75. The van der Waals surface area contributed by atoms with Crippen LogP contribution in [0.15, 0.2) is 18.2 Å². The lowest BCUT2D eigenvalue weighted by Crippen LogP contribution is -2.39. The summed E-state index contributed by atoms with van der Waals surface area (Å²) in [4.78, 5) is 0. The molecule has 1 saturated carbocycles. The van der Waals surface area contributed by atoms with Crippen LogP contribution in [0.4, 0.5) is 4.39 Å². The van der Waals surface area contributed by atoms with E-state index in [1.54, 1.807) is 6.07 Å². The summed E-state index contributed by atoms with van der Waals surface area (Å²) in [5, 5.41) is 10.4. The van der Waals surface area contributed by atoms with Gasteiger partial charge in [0, 0.05) is 11.4 Å². The first-order chi connectivity index (χ1) is 6.59. The van der Waals surface area contributed by atoms with Crippen LogP contribution < -0.4 is 0 Å². The molecule has 1 aliphatic carbocycles. The van der Waals surface area contributed by atoms with E-state index in [4.69, 9.17) is 11.6 Å². The van der Waals surface area contributed by atoms with Gasteiger partial charge in [0.05, 0.1) is 5.60 Å². The van der Waals surface area contributed by atoms with Crippen LogP contribution in [0.5, 0.6) is 0 Å². The standard InChI is InChI=1S/C11H12ClFO/c12-9-2-3-10(13)8(6-9)7-11(14)4-1-5-11/h2-3,6,14H,1,4-5,7H2. The van der Waals surface area contributed by atoms with Crippen molar-refractivity contribution in [3.63, 3.8) is 0 Å². The molecule has 1 N–H and O–H groups in total. The lowest BCUT2D eigenvalue weighted by Gasteiger charge is -2.36. The summed E-state index contributed by atoms with van der Waals surface area (Å²) < 4.78 is 13.3. The SMILES string of the molecule is OC1(Cc2cc(Cl)ccc2F)CCC1. The third kappa shape index (κ3) is 1.91. The summed E-state index contributed by atoms with van der Waals surface area (Å²) in [5.41, 5.74) is -0.175. The molecule has 0 heterocycles. The fourth-order valence-corrected chi connectivity index (χ4v) is 1.99. The normalized spacial score (nSPS) is 19.1. The van der Waals surface area contributed by atoms with Gasteiger partial charge in [-0.15, -0.1) is 0 Å². The summed E-state index contributed by atoms with van der Waals surface area (Å²) in [6, 6.07) is 4.46. The largest absolute Gasteiger partial charge is 0.390 e.